The van der Waals surface area contributed by atoms with E-state index in [2.05, 4.69) is 15.4 Å². The summed E-state index contributed by atoms with van der Waals surface area (Å²) in [5.41, 5.74) is 4.26. The summed E-state index contributed by atoms with van der Waals surface area (Å²) in [6.07, 6.45) is 3.66. The summed E-state index contributed by atoms with van der Waals surface area (Å²) in [4.78, 5) is 4.50. The van der Waals surface area contributed by atoms with Gasteiger partial charge in [-0.05, 0) is 27.0 Å². The summed E-state index contributed by atoms with van der Waals surface area (Å²) < 4.78 is 7.39. The number of nitrogens with zero attached hydrogens (tertiary/aromatic N) is 3. The van der Waals surface area contributed by atoms with E-state index in [4.69, 9.17) is 4.74 Å². The van der Waals surface area contributed by atoms with Crippen LogP contribution in [0.3, 0.4) is 0 Å². The van der Waals surface area contributed by atoms with E-state index in [1.165, 1.54) is 0 Å². The molecule has 5 nitrogen and oxygen atoms in total. The summed E-state index contributed by atoms with van der Waals surface area (Å²) in [5.74, 6) is 0.910. The maximum Gasteiger partial charge on any atom is 0.128 e. The lowest BCUT2D eigenvalue weighted by molar-refractivity contribution is 0.406. The van der Waals surface area contributed by atoms with Crippen molar-refractivity contribution in [3.63, 3.8) is 0 Å². The Kier molecular flexibility index (Phi) is 4.16. The predicted octanol–water partition coefficient (Wildman–Crippen LogP) is 1.67. The Bertz CT molecular complexity index is 563. The second-order valence-corrected chi connectivity index (χ2v) is 4.56. The Morgan fingerprint density at radius 2 is 2.16 bits per heavy atom. The monoisotopic (exact) mass is 260 g/mol. The Morgan fingerprint density at radius 1 is 1.37 bits per heavy atom. The molecule has 0 aliphatic rings. The van der Waals surface area contributed by atoms with Gasteiger partial charge in [0, 0.05) is 30.1 Å². The van der Waals surface area contributed by atoms with Gasteiger partial charge in [-0.1, -0.05) is 0 Å². The van der Waals surface area contributed by atoms with Gasteiger partial charge < -0.3 is 10.1 Å². The highest BCUT2D eigenvalue weighted by molar-refractivity contribution is 5.41. The molecule has 0 aromatic carbocycles. The SMILES string of the molecule is CNCc1ccnn1Cc1ncc(C)c(OC)c1C. The number of aromatic nitrogens is 3. The third-order valence-corrected chi connectivity index (χ3v) is 3.21. The van der Waals surface area contributed by atoms with E-state index in [0.717, 1.165) is 34.8 Å². The van der Waals surface area contributed by atoms with E-state index >= 15 is 0 Å². The van der Waals surface area contributed by atoms with Gasteiger partial charge in [-0.2, -0.15) is 5.10 Å². The number of pyridine rings is 1. The minimum atomic E-state index is 0.659. The van der Waals surface area contributed by atoms with Crippen molar-refractivity contribution < 1.29 is 4.74 Å². The molecule has 0 unspecified atom stereocenters. The van der Waals surface area contributed by atoms with Crippen LogP contribution in [0.5, 0.6) is 5.75 Å². The van der Waals surface area contributed by atoms with Crippen LogP contribution in [0.4, 0.5) is 0 Å². The van der Waals surface area contributed by atoms with Gasteiger partial charge in [-0.25, -0.2) is 0 Å². The second-order valence-electron chi connectivity index (χ2n) is 4.56. The van der Waals surface area contributed by atoms with Gasteiger partial charge in [0.15, 0.2) is 0 Å². The molecular weight excluding hydrogens is 240 g/mol. The smallest absolute Gasteiger partial charge is 0.128 e. The molecule has 2 aromatic heterocycles. The highest BCUT2D eigenvalue weighted by atomic mass is 16.5. The molecule has 0 saturated heterocycles. The summed E-state index contributed by atoms with van der Waals surface area (Å²) >= 11 is 0. The fraction of sp³-hybridized carbons (Fsp3) is 0.429. The summed E-state index contributed by atoms with van der Waals surface area (Å²) in [5, 5.41) is 7.48. The van der Waals surface area contributed by atoms with Gasteiger partial charge in [0.05, 0.1) is 25.0 Å². The molecular formula is C14H20N4O. The van der Waals surface area contributed by atoms with Gasteiger partial charge in [0.2, 0.25) is 0 Å². The third kappa shape index (κ3) is 2.76. The number of hydrogen-bond donors (Lipinski definition) is 1. The van der Waals surface area contributed by atoms with Crippen LogP contribution in [0, 0.1) is 13.8 Å². The van der Waals surface area contributed by atoms with Crippen LogP contribution in [0.25, 0.3) is 0 Å². The molecule has 5 heteroatoms. The van der Waals surface area contributed by atoms with Crippen molar-refractivity contribution in [2.75, 3.05) is 14.2 Å². The van der Waals surface area contributed by atoms with Gasteiger partial charge in [-0.15, -0.1) is 0 Å². The number of hydrogen-bond acceptors (Lipinski definition) is 4. The van der Waals surface area contributed by atoms with Gasteiger partial charge in [0.1, 0.15) is 5.75 Å². The molecule has 0 amide bonds. The van der Waals surface area contributed by atoms with Crippen molar-refractivity contribution in [2.45, 2.75) is 26.9 Å². The standard InChI is InChI=1S/C14H20N4O/c1-10-7-16-13(11(2)14(10)19-4)9-18-12(8-15-3)5-6-17-18/h5-7,15H,8-9H2,1-4H3. The molecule has 0 aliphatic heterocycles. The first-order valence-electron chi connectivity index (χ1n) is 6.31. The average Bonchev–Trinajstić information content (AvgIpc) is 2.81. The first kappa shape index (κ1) is 13.5. The Balaban J connectivity index is 2.31. The van der Waals surface area contributed by atoms with E-state index < -0.39 is 0 Å². The van der Waals surface area contributed by atoms with Crippen molar-refractivity contribution in [3.05, 3.63) is 41.0 Å². The molecule has 0 fully saturated rings. The third-order valence-electron chi connectivity index (χ3n) is 3.21. The van der Waals surface area contributed by atoms with Crippen LogP contribution in [0.15, 0.2) is 18.5 Å². The van der Waals surface area contributed by atoms with Crippen molar-refractivity contribution in [1.29, 1.82) is 0 Å². The average molecular weight is 260 g/mol. The lowest BCUT2D eigenvalue weighted by Gasteiger charge is -2.13. The fourth-order valence-electron chi connectivity index (χ4n) is 2.21. The number of rotatable bonds is 5. The molecule has 0 atom stereocenters. The lowest BCUT2D eigenvalue weighted by atomic mass is 10.1. The zero-order valence-corrected chi connectivity index (χ0v) is 11.9. The van der Waals surface area contributed by atoms with Crippen LogP contribution in [-0.2, 0) is 13.1 Å². The molecule has 19 heavy (non-hydrogen) atoms. The van der Waals surface area contributed by atoms with E-state index in [-0.39, 0.29) is 0 Å². The first-order chi connectivity index (χ1) is 9.17. The zero-order valence-electron chi connectivity index (χ0n) is 11.9. The summed E-state index contributed by atoms with van der Waals surface area (Å²) in [6.45, 7) is 5.49. The lowest BCUT2D eigenvalue weighted by Crippen LogP contribution is -2.14. The second kappa shape index (κ2) is 5.84. The highest BCUT2D eigenvalue weighted by Gasteiger charge is 2.11. The van der Waals surface area contributed by atoms with Crippen LogP contribution < -0.4 is 10.1 Å². The molecule has 0 bridgehead atoms. The molecule has 0 radical (unpaired) electrons. The van der Waals surface area contributed by atoms with Gasteiger partial charge in [0.25, 0.3) is 0 Å². The molecule has 2 heterocycles. The van der Waals surface area contributed by atoms with E-state index in [1.54, 1.807) is 7.11 Å². The van der Waals surface area contributed by atoms with Crippen LogP contribution in [0.1, 0.15) is 22.5 Å². The van der Waals surface area contributed by atoms with Crippen molar-refractivity contribution >= 4 is 0 Å². The van der Waals surface area contributed by atoms with Crippen LogP contribution in [0.2, 0.25) is 0 Å². The zero-order chi connectivity index (χ0) is 13.8. The number of ether oxygens (including phenoxy) is 1. The van der Waals surface area contributed by atoms with Crippen molar-refractivity contribution in [1.82, 2.24) is 20.1 Å². The Morgan fingerprint density at radius 3 is 2.84 bits per heavy atom. The predicted molar refractivity (Wildman–Crippen MR) is 74.4 cm³/mol. The molecule has 1 N–H and O–H groups in total. The summed E-state index contributed by atoms with van der Waals surface area (Å²) in [6, 6.07) is 2.01. The molecule has 0 spiro atoms. The fourth-order valence-corrected chi connectivity index (χ4v) is 2.21. The number of nitrogens with one attached hydrogen (secondary N) is 1. The maximum absolute atomic E-state index is 5.43. The highest BCUT2D eigenvalue weighted by Crippen LogP contribution is 2.24. The van der Waals surface area contributed by atoms with Crippen molar-refractivity contribution in [2.24, 2.45) is 0 Å². The molecule has 2 rings (SSSR count). The Labute approximate surface area is 113 Å². The molecule has 0 aliphatic carbocycles. The van der Waals surface area contributed by atoms with Gasteiger partial charge >= 0.3 is 0 Å². The van der Waals surface area contributed by atoms with E-state index in [1.807, 2.05) is 44.0 Å². The molecule has 2 aromatic rings. The normalized spacial score (nSPS) is 10.7. The topological polar surface area (TPSA) is 52.0 Å². The number of aryl methyl sites for hydroxylation is 1. The molecule has 0 saturated carbocycles. The minimum Gasteiger partial charge on any atom is -0.496 e. The summed E-state index contributed by atoms with van der Waals surface area (Å²) in [7, 11) is 3.62. The van der Waals surface area contributed by atoms with Crippen LogP contribution in [-0.4, -0.2) is 28.9 Å². The minimum absolute atomic E-state index is 0.659. The van der Waals surface area contributed by atoms with Gasteiger partial charge in [-0.3, -0.25) is 9.67 Å². The quantitative estimate of drug-likeness (QED) is 0.888. The largest absolute Gasteiger partial charge is 0.496 e. The van der Waals surface area contributed by atoms with Crippen LogP contribution >= 0.6 is 0 Å². The molecule has 102 valence electrons. The van der Waals surface area contributed by atoms with E-state index in [9.17, 15) is 0 Å². The first-order valence-corrected chi connectivity index (χ1v) is 6.31. The maximum atomic E-state index is 5.43. The van der Waals surface area contributed by atoms with E-state index in [0.29, 0.717) is 6.54 Å². The Hall–Kier alpha value is -1.88. The van der Waals surface area contributed by atoms with Crippen molar-refractivity contribution in [3.8, 4) is 5.75 Å². The number of methoxy groups -OCH3 is 1.